The van der Waals surface area contributed by atoms with Crippen LogP contribution in [-0.4, -0.2) is 58.7 Å². The molecule has 0 bridgehead atoms. The van der Waals surface area contributed by atoms with Crippen LogP contribution in [0.4, 0.5) is 5.95 Å². The Morgan fingerprint density at radius 3 is 2.42 bits per heavy atom. The van der Waals surface area contributed by atoms with Gasteiger partial charge in [-0.15, -0.1) is 0 Å². The highest BCUT2D eigenvalue weighted by atomic mass is 35.5. The molecule has 1 aromatic heterocycles. The number of ether oxygens (including phenoxy) is 1. The van der Waals surface area contributed by atoms with Crippen molar-refractivity contribution in [2.45, 2.75) is 26.9 Å². The zero-order chi connectivity index (χ0) is 13.8. The second-order valence-corrected chi connectivity index (χ2v) is 5.11. The van der Waals surface area contributed by atoms with Crippen molar-refractivity contribution in [1.82, 2.24) is 19.9 Å². The van der Waals surface area contributed by atoms with Crippen molar-refractivity contribution in [3.63, 3.8) is 0 Å². The zero-order valence-corrected chi connectivity index (χ0v) is 12.4. The second kappa shape index (κ2) is 6.34. The van der Waals surface area contributed by atoms with Crippen LogP contribution in [0.25, 0.3) is 0 Å². The smallest absolute Gasteiger partial charge is 0.322 e. The van der Waals surface area contributed by atoms with Crippen molar-refractivity contribution < 1.29 is 4.74 Å². The van der Waals surface area contributed by atoms with E-state index in [4.69, 9.17) is 16.3 Å². The molecule has 1 aromatic rings. The predicted molar refractivity (Wildman–Crippen MR) is 74.9 cm³/mol. The maximum absolute atomic E-state index is 5.93. The summed E-state index contributed by atoms with van der Waals surface area (Å²) in [5.41, 5.74) is 0. The number of aromatic nitrogens is 3. The monoisotopic (exact) mass is 285 g/mol. The average Bonchev–Trinajstić information content (AvgIpc) is 2.37. The van der Waals surface area contributed by atoms with E-state index in [1.54, 1.807) is 0 Å². The molecule has 2 heterocycles. The van der Waals surface area contributed by atoms with Gasteiger partial charge in [0.15, 0.2) is 0 Å². The number of halogens is 1. The Morgan fingerprint density at radius 2 is 1.84 bits per heavy atom. The van der Waals surface area contributed by atoms with Gasteiger partial charge in [0.05, 0.1) is 6.10 Å². The largest absolute Gasteiger partial charge is 0.461 e. The second-order valence-electron chi connectivity index (χ2n) is 4.77. The van der Waals surface area contributed by atoms with Crippen LogP contribution < -0.4 is 9.64 Å². The topological polar surface area (TPSA) is 54.4 Å². The number of rotatable bonds is 4. The Hall–Kier alpha value is -1.14. The lowest BCUT2D eigenvalue weighted by atomic mass is 10.3. The maximum atomic E-state index is 5.93. The summed E-state index contributed by atoms with van der Waals surface area (Å²) < 4.78 is 5.49. The highest BCUT2D eigenvalue weighted by Gasteiger charge is 2.19. The predicted octanol–water partition coefficient (Wildman–Crippen LogP) is 1.45. The van der Waals surface area contributed by atoms with Gasteiger partial charge < -0.3 is 14.5 Å². The quantitative estimate of drug-likeness (QED) is 0.835. The molecule has 0 unspecified atom stereocenters. The van der Waals surface area contributed by atoms with E-state index in [0.717, 1.165) is 32.7 Å². The standard InChI is InChI=1S/C12H20ClN5O/c1-4-17-5-7-18(8-6-17)11-14-10(13)15-12(16-11)19-9(2)3/h9H,4-8H2,1-3H3. The molecule has 0 spiro atoms. The summed E-state index contributed by atoms with van der Waals surface area (Å²) in [5, 5.41) is 0.179. The molecule has 1 aliphatic heterocycles. The van der Waals surface area contributed by atoms with Gasteiger partial charge in [0, 0.05) is 26.2 Å². The Labute approximate surface area is 118 Å². The molecule has 1 fully saturated rings. The summed E-state index contributed by atoms with van der Waals surface area (Å²) in [6.45, 7) is 10.9. The number of nitrogens with zero attached hydrogens (tertiary/aromatic N) is 5. The fourth-order valence-electron chi connectivity index (χ4n) is 1.99. The van der Waals surface area contributed by atoms with E-state index in [2.05, 4.69) is 31.7 Å². The van der Waals surface area contributed by atoms with Crippen LogP contribution in [0.2, 0.25) is 5.28 Å². The normalized spacial score (nSPS) is 17.0. The summed E-state index contributed by atoms with van der Waals surface area (Å²) in [7, 11) is 0. The van der Waals surface area contributed by atoms with E-state index < -0.39 is 0 Å². The summed E-state index contributed by atoms with van der Waals surface area (Å²) in [6, 6.07) is 0.294. The van der Waals surface area contributed by atoms with Crippen molar-refractivity contribution in [1.29, 1.82) is 0 Å². The van der Waals surface area contributed by atoms with Gasteiger partial charge in [-0.05, 0) is 32.0 Å². The van der Waals surface area contributed by atoms with E-state index in [1.165, 1.54) is 0 Å². The zero-order valence-electron chi connectivity index (χ0n) is 11.6. The van der Waals surface area contributed by atoms with E-state index in [1.807, 2.05) is 13.8 Å². The molecule has 0 atom stereocenters. The van der Waals surface area contributed by atoms with Crippen molar-refractivity contribution in [2.75, 3.05) is 37.6 Å². The molecule has 0 amide bonds. The van der Waals surface area contributed by atoms with Gasteiger partial charge in [-0.25, -0.2) is 0 Å². The number of likely N-dealkylation sites (N-methyl/N-ethyl adjacent to an activating group) is 1. The first kappa shape index (κ1) is 14.3. The minimum Gasteiger partial charge on any atom is -0.461 e. The fourth-order valence-corrected chi connectivity index (χ4v) is 2.14. The molecule has 0 aliphatic carbocycles. The lowest BCUT2D eigenvalue weighted by Crippen LogP contribution is -2.46. The van der Waals surface area contributed by atoms with Crippen molar-refractivity contribution >= 4 is 17.5 Å². The van der Waals surface area contributed by atoms with Crippen molar-refractivity contribution in [2.24, 2.45) is 0 Å². The first-order valence-electron chi connectivity index (χ1n) is 6.64. The highest BCUT2D eigenvalue weighted by molar-refractivity contribution is 6.28. The van der Waals surface area contributed by atoms with E-state index in [0.29, 0.717) is 12.0 Å². The minimum absolute atomic E-state index is 0.0169. The van der Waals surface area contributed by atoms with Crippen LogP contribution in [0.5, 0.6) is 6.01 Å². The molecule has 106 valence electrons. The third-order valence-electron chi connectivity index (χ3n) is 3.02. The molecule has 0 radical (unpaired) electrons. The van der Waals surface area contributed by atoms with Gasteiger partial charge in [0.25, 0.3) is 0 Å². The van der Waals surface area contributed by atoms with E-state index in [-0.39, 0.29) is 11.4 Å². The molecule has 6 nitrogen and oxygen atoms in total. The Bertz CT molecular complexity index is 421. The number of piperazine rings is 1. The van der Waals surface area contributed by atoms with Gasteiger partial charge in [0.1, 0.15) is 0 Å². The fraction of sp³-hybridized carbons (Fsp3) is 0.750. The maximum Gasteiger partial charge on any atom is 0.322 e. The molecular formula is C12H20ClN5O. The Balaban J connectivity index is 2.09. The third kappa shape index (κ3) is 3.91. The molecule has 1 aliphatic rings. The molecule has 0 N–H and O–H groups in total. The van der Waals surface area contributed by atoms with Crippen molar-refractivity contribution in [3.05, 3.63) is 5.28 Å². The van der Waals surface area contributed by atoms with Crippen LogP contribution in [-0.2, 0) is 0 Å². The molecule has 7 heteroatoms. The van der Waals surface area contributed by atoms with Crippen LogP contribution in [0.1, 0.15) is 20.8 Å². The third-order valence-corrected chi connectivity index (χ3v) is 3.19. The Kier molecular flexibility index (Phi) is 4.76. The molecule has 0 saturated carbocycles. The van der Waals surface area contributed by atoms with Crippen LogP contribution >= 0.6 is 11.6 Å². The molecular weight excluding hydrogens is 266 g/mol. The number of anilines is 1. The number of hydrogen-bond acceptors (Lipinski definition) is 6. The molecule has 0 aromatic carbocycles. The van der Waals surface area contributed by atoms with Gasteiger partial charge in [-0.3, -0.25) is 0 Å². The summed E-state index contributed by atoms with van der Waals surface area (Å²) in [4.78, 5) is 17.0. The van der Waals surface area contributed by atoms with Crippen LogP contribution in [0.15, 0.2) is 0 Å². The molecule has 1 saturated heterocycles. The average molecular weight is 286 g/mol. The summed E-state index contributed by atoms with van der Waals surface area (Å²) in [5.74, 6) is 0.603. The van der Waals surface area contributed by atoms with Gasteiger partial charge in [-0.2, -0.15) is 15.0 Å². The van der Waals surface area contributed by atoms with Crippen LogP contribution in [0.3, 0.4) is 0 Å². The first-order valence-corrected chi connectivity index (χ1v) is 7.01. The lowest BCUT2D eigenvalue weighted by molar-refractivity contribution is 0.221. The Morgan fingerprint density at radius 1 is 1.16 bits per heavy atom. The lowest BCUT2D eigenvalue weighted by Gasteiger charge is -2.33. The van der Waals surface area contributed by atoms with Gasteiger partial charge in [-0.1, -0.05) is 6.92 Å². The van der Waals surface area contributed by atoms with Gasteiger partial charge in [0.2, 0.25) is 11.2 Å². The van der Waals surface area contributed by atoms with E-state index >= 15 is 0 Å². The first-order chi connectivity index (χ1) is 9.08. The van der Waals surface area contributed by atoms with Crippen LogP contribution in [0, 0.1) is 0 Å². The SMILES string of the molecule is CCN1CCN(c2nc(Cl)nc(OC(C)C)n2)CC1. The molecule has 2 rings (SSSR count). The summed E-state index contributed by atoms with van der Waals surface area (Å²) >= 11 is 5.93. The van der Waals surface area contributed by atoms with Crippen molar-refractivity contribution in [3.8, 4) is 6.01 Å². The van der Waals surface area contributed by atoms with E-state index in [9.17, 15) is 0 Å². The van der Waals surface area contributed by atoms with Gasteiger partial charge >= 0.3 is 6.01 Å². The highest BCUT2D eigenvalue weighted by Crippen LogP contribution is 2.17. The summed E-state index contributed by atoms with van der Waals surface area (Å²) in [6.07, 6.45) is 0.0169. The molecule has 19 heavy (non-hydrogen) atoms. The minimum atomic E-state index is 0.0169. The number of hydrogen-bond donors (Lipinski definition) is 0.